The Balaban J connectivity index is 2.42. The molecule has 190 valence electrons. The molecule has 16 heteroatoms. The topological polar surface area (TPSA) is 106 Å². The van der Waals surface area contributed by atoms with Crippen LogP contribution in [0.15, 0.2) is 23.2 Å². The third-order valence-electron chi connectivity index (χ3n) is 4.16. The number of carboxylic acids is 1. The van der Waals surface area contributed by atoms with Gasteiger partial charge in [0, 0.05) is 17.9 Å². The number of carboxylic acid groups (broad SMARTS) is 1. The van der Waals surface area contributed by atoms with E-state index in [4.69, 9.17) is 4.74 Å². The second-order valence-corrected chi connectivity index (χ2v) is 10.3. The Hall–Kier alpha value is -2.62. The zero-order chi connectivity index (χ0) is 26.1. The van der Waals surface area contributed by atoms with Crippen LogP contribution < -0.4 is 10.1 Å². The van der Waals surface area contributed by atoms with Gasteiger partial charge in [0.25, 0.3) is 5.92 Å². The number of rotatable bonds is 10. The van der Waals surface area contributed by atoms with Gasteiger partial charge < -0.3 is 15.2 Å². The normalized spacial score (nSPS) is 13.1. The SMILES string of the molecule is CCS(=O)(=O)c1cc(OCC(C)(F)F)cnc1NCc1sc(C(F)(F)C(F)(F)F)cc1C(=O)O. The third kappa shape index (κ3) is 6.28. The predicted octanol–water partition coefficient (Wildman–Crippen LogP) is 4.94. The highest BCUT2D eigenvalue weighted by Gasteiger charge is 2.60. The van der Waals surface area contributed by atoms with Gasteiger partial charge in [-0.15, -0.1) is 11.3 Å². The number of halogens is 7. The molecule has 2 aromatic heterocycles. The van der Waals surface area contributed by atoms with Gasteiger partial charge in [-0.3, -0.25) is 0 Å². The van der Waals surface area contributed by atoms with Gasteiger partial charge in [0.2, 0.25) is 0 Å². The van der Waals surface area contributed by atoms with E-state index in [-0.39, 0.29) is 23.2 Å². The molecule has 0 spiro atoms. The van der Waals surface area contributed by atoms with Gasteiger partial charge in [0.05, 0.1) is 28.9 Å². The molecule has 0 aliphatic heterocycles. The molecule has 34 heavy (non-hydrogen) atoms. The van der Waals surface area contributed by atoms with Gasteiger partial charge in [-0.25, -0.2) is 27.0 Å². The second kappa shape index (κ2) is 9.56. The first-order valence-corrected chi connectivity index (χ1v) is 11.6. The van der Waals surface area contributed by atoms with Crippen LogP contribution in [0.3, 0.4) is 0 Å². The molecular weight excluding hydrogens is 521 g/mol. The summed E-state index contributed by atoms with van der Waals surface area (Å²) in [5, 5.41) is 11.6. The summed E-state index contributed by atoms with van der Waals surface area (Å²) in [6.45, 7) is 0.0744. The number of nitrogens with one attached hydrogen (secondary N) is 1. The van der Waals surface area contributed by atoms with Crippen molar-refractivity contribution in [2.75, 3.05) is 17.7 Å². The minimum atomic E-state index is -5.96. The maximum atomic E-state index is 13.7. The van der Waals surface area contributed by atoms with E-state index in [0.29, 0.717) is 6.92 Å². The number of aromatic nitrogens is 1. The first-order chi connectivity index (χ1) is 15.4. The van der Waals surface area contributed by atoms with Crippen LogP contribution in [0.1, 0.15) is 34.0 Å². The summed E-state index contributed by atoms with van der Waals surface area (Å²) >= 11 is -0.125. The van der Waals surface area contributed by atoms with E-state index in [1.807, 2.05) is 0 Å². The van der Waals surface area contributed by atoms with Crippen molar-refractivity contribution in [2.24, 2.45) is 0 Å². The fraction of sp³-hybridized carbons (Fsp3) is 0.444. The Labute approximate surface area is 192 Å². The van der Waals surface area contributed by atoms with E-state index < -0.39 is 78.8 Å². The van der Waals surface area contributed by atoms with Gasteiger partial charge in [-0.2, -0.15) is 22.0 Å². The third-order valence-corrected chi connectivity index (χ3v) is 7.10. The lowest BCUT2D eigenvalue weighted by atomic mass is 10.2. The van der Waals surface area contributed by atoms with Crippen molar-refractivity contribution in [3.8, 4) is 5.75 Å². The first kappa shape index (κ1) is 27.6. The molecule has 0 radical (unpaired) electrons. The highest BCUT2D eigenvalue weighted by Crippen LogP contribution is 2.47. The smallest absolute Gasteiger partial charge is 0.458 e. The first-order valence-electron chi connectivity index (χ1n) is 9.17. The predicted molar refractivity (Wildman–Crippen MR) is 107 cm³/mol. The Morgan fingerprint density at radius 1 is 1.18 bits per heavy atom. The number of aromatic carboxylic acids is 1. The van der Waals surface area contributed by atoms with E-state index in [1.165, 1.54) is 6.92 Å². The minimum absolute atomic E-state index is 0.125. The Kier molecular flexibility index (Phi) is 7.77. The van der Waals surface area contributed by atoms with Gasteiger partial charge in [0.1, 0.15) is 16.5 Å². The summed E-state index contributed by atoms with van der Waals surface area (Å²) < 4.78 is 121. The number of ether oxygens (including phenoxy) is 1. The molecule has 0 saturated heterocycles. The Morgan fingerprint density at radius 3 is 2.29 bits per heavy atom. The largest absolute Gasteiger partial charge is 0.486 e. The van der Waals surface area contributed by atoms with E-state index in [1.54, 1.807) is 0 Å². The molecule has 2 N–H and O–H groups in total. The molecule has 0 atom stereocenters. The van der Waals surface area contributed by atoms with Crippen molar-refractivity contribution < 1.29 is 53.8 Å². The molecule has 0 aliphatic carbocycles. The van der Waals surface area contributed by atoms with Crippen LogP contribution in [0.4, 0.5) is 36.6 Å². The van der Waals surface area contributed by atoms with Crippen molar-refractivity contribution in [2.45, 2.75) is 43.3 Å². The van der Waals surface area contributed by atoms with E-state index in [0.717, 1.165) is 12.3 Å². The summed E-state index contributed by atoms with van der Waals surface area (Å²) in [4.78, 5) is 12.6. The Morgan fingerprint density at radius 2 is 1.79 bits per heavy atom. The lowest BCUT2D eigenvalue weighted by Gasteiger charge is -2.17. The fourth-order valence-corrected chi connectivity index (χ4v) is 4.55. The highest BCUT2D eigenvalue weighted by molar-refractivity contribution is 7.91. The van der Waals surface area contributed by atoms with Crippen molar-refractivity contribution in [3.63, 3.8) is 0 Å². The maximum absolute atomic E-state index is 13.7. The number of pyridine rings is 1. The molecule has 0 saturated carbocycles. The number of carbonyl (C=O) groups is 1. The molecule has 0 amide bonds. The van der Waals surface area contributed by atoms with Crippen LogP contribution >= 0.6 is 11.3 Å². The summed E-state index contributed by atoms with van der Waals surface area (Å²) in [7, 11) is -4.05. The average molecular weight is 538 g/mol. The fourth-order valence-electron chi connectivity index (χ4n) is 2.44. The Bertz CT molecular complexity index is 1160. The number of sulfone groups is 1. The molecule has 0 unspecified atom stereocenters. The number of anilines is 1. The molecule has 0 fully saturated rings. The molecule has 0 bridgehead atoms. The second-order valence-electron chi connectivity index (χ2n) is 6.96. The molecule has 2 rings (SSSR count). The number of hydrogen-bond acceptors (Lipinski definition) is 7. The summed E-state index contributed by atoms with van der Waals surface area (Å²) in [6.07, 6.45) is -5.08. The summed E-state index contributed by atoms with van der Waals surface area (Å²) in [5.41, 5.74) is -0.846. The number of alkyl halides is 7. The van der Waals surface area contributed by atoms with Gasteiger partial charge >= 0.3 is 18.1 Å². The number of nitrogens with zero attached hydrogens (tertiary/aromatic N) is 1. The lowest BCUT2D eigenvalue weighted by Crippen LogP contribution is -2.32. The molecular formula is C18H17F7N2O5S2. The van der Waals surface area contributed by atoms with E-state index >= 15 is 0 Å². The average Bonchev–Trinajstić information content (AvgIpc) is 3.15. The molecule has 0 aliphatic rings. The summed E-state index contributed by atoms with van der Waals surface area (Å²) in [6, 6.07) is 1.08. The zero-order valence-corrected chi connectivity index (χ0v) is 19.0. The highest BCUT2D eigenvalue weighted by atomic mass is 32.2. The van der Waals surface area contributed by atoms with Crippen LogP contribution in [0.2, 0.25) is 0 Å². The summed E-state index contributed by atoms with van der Waals surface area (Å²) in [5.74, 6) is -11.5. The van der Waals surface area contributed by atoms with Gasteiger partial charge in [-0.05, 0) is 6.07 Å². The van der Waals surface area contributed by atoms with Crippen molar-refractivity contribution in [3.05, 3.63) is 33.6 Å². The van der Waals surface area contributed by atoms with Crippen LogP contribution in [0.25, 0.3) is 0 Å². The molecule has 0 aromatic carbocycles. The van der Waals surface area contributed by atoms with Crippen molar-refractivity contribution in [1.82, 2.24) is 4.98 Å². The van der Waals surface area contributed by atoms with E-state index in [9.17, 15) is 49.1 Å². The van der Waals surface area contributed by atoms with Gasteiger partial charge in [-0.1, -0.05) is 6.92 Å². The molecule has 2 heterocycles. The minimum Gasteiger partial charge on any atom is -0.486 e. The van der Waals surface area contributed by atoms with Gasteiger partial charge in [0.15, 0.2) is 16.4 Å². The molecule has 7 nitrogen and oxygen atoms in total. The maximum Gasteiger partial charge on any atom is 0.458 e. The number of hydrogen-bond donors (Lipinski definition) is 2. The van der Waals surface area contributed by atoms with E-state index in [2.05, 4.69) is 10.3 Å². The standard InChI is InChI=1S/C18H17F7N2O5S2/c1-3-34(30,31)12-4-9(32-8-16(2,19)20)6-26-14(12)27-7-11-10(15(28)29)5-13(33-11)17(21,22)18(23,24)25/h4-6H,3,7-8H2,1-2H3,(H,26,27)(H,28,29). The van der Waals surface area contributed by atoms with Crippen molar-refractivity contribution >= 4 is 33.0 Å². The zero-order valence-electron chi connectivity index (χ0n) is 17.3. The molecule has 2 aromatic rings. The van der Waals surface area contributed by atoms with Crippen LogP contribution in [0, 0.1) is 0 Å². The van der Waals surface area contributed by atoms with Crippen LogP contribution in [0.5, 0.6) is 5.75 Å². The quantitative estimate of drug-likeness (QED) is 0.413. The van der Waals surface area contributed by atoms with Crippen LogP contribution in [-0.4, -0.2) is 48.9 Å². The number of thiophene rings is 1. The van der Waals surface area contributed by atoms with Crippen LogP contribution in [-0.2, 0) is 22.3 Å². The monoisotopic (exact) mass is 538 g/mol. The van der Waals surface area contributed by atoms with Crippen molar-refractivity contribution in [1.29, 1.82) is 0 Å². The lowest BCUT2D eigenvalue weighted by molar-refractivity contribution is -0.287.